The second-order valence-electron chi connectivity index (χ2n) is 6.42. The second kappa shape index (κ2) is 8.29. The van der Waals surface area contributed by atoms with Gasteiger partial charge in [-0.25, -0.2) is 0 Å². The molecule has 2 amide bonds. The highest BCUT2D eigenvalue weighted by Crippen LogP contribution is 2.10. The molecule has 0 unspecified atom stereocenters. The van der Waals surface area contributed by atoms with Crippen molar-refractivity contribution >= 4 is 17.9 Å². The number of aryl methyl sites for hydroxylation is 2. The zero-order chi connectivity index (χ0) is 18.4. The zero-order valence-electron chi connectivity index (χ0n) is 15.1. The summed E-state index contributed by atoms with van der Waals surface area (Å²) >= 11 is 0. The summed E-state index contributed by atoms with van der Waals surface area (Å²) in [6.07, 6.45) is 1.68. The van der Waals surface area contributed by atoms with E-state index in [0.29, 0.717) is 5.56 Å². The van der Waals surface area contributed by atoms with Gasteiger partial charge in [-0.2, -0.15) is 0 Å². The second-order valence-corrected chi connectivity index (χ2v) is 6.42. The van der Waals surface area contributed by atoms with Gasteiger partial charge >= 0.3 is 0 Å². The third-order valence-corrected chi connectivity index (χ3v) is 3.61. The fourth-order valence-electron chi connectivity index (χ4n) is 2.23. The predicted octanol–water partition coefficient (Wildman–Crippen LogP) is 3.60. The Morgan fingerprint density at radius 1 is 0.880 bits per heavy atom. The van der Waals surface area contributed by atoms with E-state index in [2.05, 4.69) is 10.6 Å². The van der Waals surface area contributed by atoms with Crippen LogP contribution in [0.1, 0.15) is 40.9 Å². The summed E-state index contributed by atoms with van der Waals surface area (Å²) in [5.74, 6) is -0.617. The number of rotatable bonds is 5. The Bertz CT molecular complexity index is 773. The summed E-state index contributed by atoms with van der Waals surface area (Å²) in [7, 11) is 0. The molecule has 0 aliphatic carbocycles. The van der Waals surface area contributed by atoms with Gasteiger partial charge in [0.1, 0.15) is 5.70 Å². The maximum Gasteiger partial charge on any atom is 0.268 e. The lowest BCUT2D eigenvalue weighted by molar-refractivity contribution is -0.118. The third-order valence-electron chi connectivity index (χ3n) is 3.61. The lowest BCUT2D eigenvalue weighted by Crippen LogP contribution is -2.38. The summed E-state index contributed by atoms with van der Waals surface area (Å²) in [6, 6.07) is 15.0. The van der Waals surface area contributed by atoms with E-state index in [1.54, 1.807) is 18.2 Å². The van der Waals surface area contributed by atoms with E-state index in [-0.39, 0.29) is 23.6 Å². The monoisotopic (exact) mass is 336 g/mol. The van der Waals surface area contributed by atoms with Crippen molar-refractivity contribution in [3.05, 3.63) is 76.5 Å². The molecule has 0 saturated carbocycles. The molecule has 0 heterocycles. The van der Waals surface area contributed by atoms with Gasteiger partial charge in [-0.15, -0.1) is 0 Å². The number of amides is 2. The summed E-state index contributed by atoms with van der Waals surface area (Å²) in [5.41, 5.74) is 3.79. The number of nitrogens with one attached hydrogen (secondary N) is 2. The topological polar surface area (TPSA) is 58.2 Å². The van der Waals surface area contributed by atoms with Crippen LogP contribution in [0.3, 0.4) is 0 Å². The van der Waals surface area contributed by atoms with Crippen LogP contribution in [-0.4, -0.2) is 17.9 Å². The van der Waals surface area contributed by atoms with Gasteiger partial charge in [0.15, 0.2) is 0 Å². The molecule has 0 aliphatic rings. The zero-order valence-corrected chi connectivity index (χ0v) is 15.1. The molecule has 4 heteroatoms. The maximum absolute atomic E-state index is 12.5. The van der Waals surface area contributed by atoms with Crippen LogP contribution in [0.25, 0.3) is 6.08 Å². The van der Waals surface area contributed by atoms with E-state index in [4.69, 9.17) is 0 Å². The molecule has 0 saturated heterocycles. The molecule has 0 atom stereocenters. The van der Waals surface area contributed by atoms with Gasteiger partial charge < -0.3 is 10.6 Å². The Hall–Kier alpha value is -2.88. The van der Waals surface area contributed by atoms with Crippen molar-refractivity contribution in [2.75, 3.05) is 0 Å². The van der Waals surface area contributed by atoms with Gasteiger partial charge in [0.2, 0.25) is 0 Å². The average molecular weight is 336 g/mol. The predicted molar refractivity (Wildman–Crippen MR) is 101 cm³/mol. The molecule has 0 bridgehead atoms. The molecule has 2 N–H and O–H groups in total. The van der Waals surface area contributed by atoms with Crippen molar-refractivity contribution in [1.82, 2.24) is 10.6 Å². The molecule has 0 spiro atoms. The van der Waals surface area contributed by atoms with Crippen LogP contribution in [-0.2, 0) is 4.79 Å². The first-order chi connectivity index (χ1) is 11.8. The van der Waals surface area contributed by atoms with E-state index < -0.39 is 0 Å². The molecule has 0 fully saturated rings. The van der Waals surface area contributed by atoms with Crippen LogP contribution < -0.4 is 10.6 Å². The van der Waals surface area contributed by atoms with Crippen LogP contribution in [0.4, 0.5) is 0 Å². The highest BCUT2D eigenvalue weighted by Gasteiger charge is 2.15. The number of benzene rings is 2. The van der Waals surface area contributed by atoms with Gasteiger partial charge in [-0.1, -0.05) is 47.5 Å². The molecule has 0 aliphatic heterocycles. The first kappa shape index (κ1) is 18.5. The van der Waals surface area contributed by atoms with Gasteiger partial charge in [-0.3, -0.25) is 9.59 Å². The Morgan fingerprint density at radius 3 is 1.92 bits per heavy atom. The van der Waals surface area contributed by atoms with E-state index in [1.807, 2.05) is 64.1 Å². The van der Waals surface area contributed by atoms with Gasteiger partial charge in [-0.05, 0) is 51.5 Å². The maximum atomic E-state index is 12.5. The van der Waals surface area contributed by atoms with Crippen molar-refractivity contribution in [3.63, 3.8) is 0 Å². The molecule has 0 aromatic heterocycles. The first-order valence-electron chi connectivity index (χ1n) is 8.32. The summed E-state index contributed by atoms with van der Waals surface area (Å²) < 4.78 is 0. The van der Waals surface area contributed by atoms with Crippen molar-refractivity contribution in [3.8, 4) is 0 Å². The van der Waals surface area contributed by atoms with Gasteiger partial charge in [0, 0.05) is 11.6 Å². The fourth-order valence-corrected chi connectivity index (χ4v) is 2.23. The van der Waals surface area contributed by atoms with E-state index in [0.717, 1.165) is 16.7 Å². The molecular weight excluding hydrogens is 312 g/mol. The normalized spacial score (nSPS) is 11.3. The van der Waals surface area contributed by atoms with Gasteiger partial charge in [0.25, 0.3) is 11.8 Å². The number of carbonyl (C=O) groups excluding carboxylic acids is 2. The summed E-state index contributed by atoms with van der Waals surface area (Å²) in [6.45, 7) is 7.71. The molecule has 2 rings (SSSR count). The molecule has 130 valence electrons. The smallest absolute Gasteiger partial charge is 0.268 e. The van der Waals surface area contributed by atoms with E-state index in [9.17, 15) is 9.59 Å². The summed E-state index contributed by atoms with van der Waals surface area (Å²) in [5, 5.41) is 5.55. The lowest BCUT2D eigenvalue weighted by atomic mass is 10.1. The minimum Gasteiger partial charge on any atom is -0.349 e. The Labute approximate surface area is 149 Å². The van der Waals surface area contributed by atoms with Gasteiger partial charge in [0.05, 0.1) is 0 Å². The summed E-state index contributed by atoms with van der Waals surface area (Å²) in [4.78, 5) is 24.9. The minimum absolute atomic E-state index is 0.0230. The largest absolute Gasteiger partial charge is 0.349 e. The molecule has 0 radical (unpaired) electrons. The lowest BCUT2D eigenvalue weighted by Gasteiger charge is -2.13. The highest BCUT2D eigenvalue weighted by molar-refractivity contribution is 6.05. The molecular formula is C21H24N2O2. The van der Waals surface area contributed by atoms with E-state index in [1.165, 1.54) is 0 Å². The Balaban J connectivity index is 2.27. The third kappa shape index (κ3) is 5.60. The molecule has 4 nitrogen and oxygen atoms in total. The van der Waals surface area contributed by atoms with Crippen LogP contribution in [0.15, 0.2) is 54.2 Å². The van der Waals surface area contributed by atoms with E-state index >= 15 is 0 Å². The minimum atomic E-state index is -0.309. The van der Waals surface area contributed by atoms with Crippen LogP contribution in [0.5, 0.6) is 0 Å². The van der Waals surface area contributed by atoms with Crippen molar-refractivity contribution in [2.45, 2.75) is 33.7 Å². The SMILES string of the molecule is Cc1ccc(C=C(NC(=O)c2ccc(C)cc2)C(=O)NC(C)C)cc1. The van der Waals surface area contributed by atoms with Crippen molar-refractivity contribution in [1.29, 1.82) is 0 Å². The van der Waals surface area contributed by atoms with Crippen LogP contribution in [0.2, 0.25) is 0 Å². The highest BCUT2D eigenvalue weighted by atomic mass is 16.2. The van der Waals surface area contributed by atoms with Crippen LogP contribution >= 0.6 is 0 Å². The standard InChI is InChI=1S/C21H24N2O2/c1-14(2)22-21(25)19(13-17-9-5-15(3)6-10-17)23-20(24)18-11-7-16(4)8-12-18/h5-14H,1-4H3,(H,22,25)(H,23,24). The molecule has 25 heavy (non-hydrogen) atoms. The van der Waals surface area contributed by atoms with Crippen LogP contribution in [0, 0.1) is 13.8 Å². The number of hydrogen-bond donors (Lipinski definition) is 2. The molecule has 2 aromatic rings. The average Bonchev–Trinajstić information content (AvgIpc) is 2.56. The number of carbonyl (C=O) groups is 2. The van der Waals surface area contributed by atoms with Crippen molar-refractivity contribution < 1.29 is 9.59 Å². The Kier molecular flexibility index (Phi) is 6.12. The number of hydrogen-bond acceptors (Lipinski definition) is 2. The van der Waals surface area contributed by atoms with Crippen molar-refractivity contribution in [2.24, 2.45) is 0 Å². The molecule has 2 aromatic carbocycles. The fraction of sp³-hybridized carbons (Fsp3) is 0.238. The Morgan fingerprint density at radius 2 is 1.40 bits per heavy atom. The quantitative estimate of drug-likeness (QED) is 0.820. The first-order valence-corrected chi connectivity index (χ1v) is 8.32.